The molecular weight excluding hydrogens is 457 g/mol. The third kappa shape index (κ3) is 8.22. The summed E-state index contributed by atoms with van der Waals surface area (Å²) in [4.78, 5) is 14.1. The number of likely N-dealkylation sites (tertiary alicyclic amines) is 1. The summed E-state index contributed by atoms with van der Waals surface area (Å²) in [7, 11) is 0. The number of allylic oxidation sites excluding steroid dienone is 2. The molecule has 2 aliphatic rings. The molecule has 0 spiro atoms. The fourth-order valence-corrected chi connectivity index (χ4v) is 4.47. The minimum Gasteiger partial charge on any atom is -0.493 e. The van der Waals surface area contributed by atoms with E-state index in [1.807, 2.05) is 26.8 Å². The van der Waals surface area contributed by atoms with Crippen LogP contribution in [0.15, 0.2) is 36.7 Å². The molecule has 0 bridgehead atoms. The summed E-state index contributed by atoms with van der Waals surface area (Å²) in [6, 6.07) is 4.89. The Morgan fingerprint density at radius 1 is 1.23 bits per heavy atom. The Labute approximate surface area is 206 Å². The van der Waals surface area contributed by atoms with Crippen LogP contribution < -0.4 is 10.1 Å². The minimum absolute atomic E-state index is 0.270. The van der Waals surface area contributed by atoms with Crippen LogP contribution in [0.2, 0.25) is 0 Å². The first-order valence-electron chi connectivity index (χ1n) is 12.3. The number of piperidine rings is 1. The van der Waals surface area contributed by atoms with Gasteiger partial charge in [-0.15, -0.1) is 0 Å². The zero-order valence-corrected chi connectivity index (χ0v) is 20.9. The van der Waals surface area contributed by atoms with Crippen molar-refractivity contribution in [2.75, 3.05) is 26.2 Å². The molecule has 1 heterocycles. The van der Waals surface area contributed by atoms with Gasteiger partial charge in [0.25, 0.3) is 6.43 Å². The maximum atomic E-state index is 14.8. The van der Waals surface area contributed by atoms with Crippen molar-refractivity contribution >= 4 is 11.5 Å². The van der Waals surface area contributed by atoms with Gasteiger partial charge < -0.3 is 19.7 Å². The standard InChI is InChI=1S/C27H37F3N2O3/c1-18(35-27(2,3)4)32-13-11-19(12-14-32)17-34-22-9-10-23(24(28)15-22)20-5-7-21(8-6-20)26(33)31-16-25(29)30/h5,9-10,15,19,21,25H,1,6-8,11-14,16-17H2,2-4H3,(H,31,33). The number of amides is 1. The Hall–Kier alpha value is -2.64. The van der Waals surface area contributed by atoms with Crippen LogP contribution in [0.4, 0.5) is 13.2 Å². The highest BCUT2D eigenvalue weighted by Crippen LogP contribution is 2.33. The lowest BCUT2D eigenvalue weighted by atomic mass is 9.86. The van der Waals surface area contributed by atoms with Gasteiger partial charge in [0.1, 0.15) is 17.2 Å². The van der Waals surface area contributed by atoms with Gasteiger partial charge in [0.15, 0.2) is 5.88 Å². The lowest BCUT2D eigenvalue weighted by Crippen LogP contribution is -2.37. The summed E-state index contributed by atoms with van der Waals surface area (Å²) in [5.41, 5.74) is 1.06. The van der Waals surface area contributed by atoms with Gasteiger partial charge in [-0.2, -0.15) is 0 Å². The van der Waals surface area contributed by atoms with E-state index in [1.165, 1.54) is 6.07 Å². The molecule has 1 N–H and O–H groups in total. The van der Waals surface area contributed by atoms with Crippen LogP contribution in [-0.4, -0.2) is 49.1 Å². The zero-order valence-electron chi connectivity index (χ0n) is 20.9. The number of benzene rings is 1. The van der Waals surface area contributed by atoms with Crippen molar-refractivity contribution < 1.29 is 27.4 Å². The van der Waals surface area contributed by atoms with E-state index in [-0.39, 0.29) is 23.2 Å². The van der Waals surface area contributed by atoms with Gasteiger partial charge in [-0.05, 0) is 83.1 Å². The molecule has 0 radical (unpaired) electrons. The van der Waals surface area contributed by atoms with Crippen molar-refractivity contribution in [1.82, 2.24) is 10.2 Å². The fourth-order valence-electron chi connectivity index (χ4n) is 4.47. The highest BCUT2D eigenvalue weighted by molar-refractivity contribution is 5.80. The minimum atomic E-state index is -2.57. The Kier molecular flexibility index (Phi) is 9.14. The number of rotatable bonds is 9. The molecule has 1 aromatic carbocycles. The van der Waals surface area contributed by atoms with Gasteiger partial charge in [0, 0.05) is 30.6 Å². The van der Waals surface area contributed by atoms with Crippen molar-refractivity contribution in [1.29, 1.82) is 0 Å². The van der Waals surface area contributed by atoms with Crippen LogP contribution >= 0.6 is 0 Å². The molecule has 1 aliphatic heterocycles. The van der Waals surface area contributed by atoms with E-state index >= 15 is 0 Å². The second-order valence-electron chi connectivity index (χ2n) is 10.3. The Bertz CT molecular complexity index is 919. The molecule has 194 valence electrons. The Morgan fingerprint density at radius 3 is 2.51 bits per heavy atom. The van der Waals surface area contributed by atoms with Crippen LogP contribution in [0.25, 0.3) is 5.57 Å². The number of carbonyl (C=O) groups is 1. The molecule has 5 nitrogen and oxygen atoms in total. The molecular formula is C27H37F3N2O3. The van der Waals surface area contributed by atoms with Gasteiger partial charge in [0.05, 0.1) is 13.2 Å². The number of halogens is 3. The molecule has 1 saturated heterocycles. The molecule has 1 unspecified atom stereocenters. The molecule has 3 rings (SSSR count). The number of carbonyl (C=O) groups excluding carboxylic acids is 1. The number of alkyl halides is 2. The number of hydrogen-bond donors (Lipinski definition) is 1. The van der Waals surface area contributed by atoms with E-state index in [4.69, 9.17) is 9.47 Å². The monoisotopic (exact) mass is 494 g/mol. The summed E-state index contributed by atoms with van der Waals surface area (Å²) in [6.45, 7) is 11.6. The summed E-state index contributed by atoms with van der Waals surface area (Å²) < 4.78 is 51.2. The quantitative estimate of drug-likeness (QED) is 0.443. The van der Waals surface area contributed by atoms with Gasteiger partial charge in [-0.25, -0.2) is 13.2 Å². The SMILES string of the molecule is C=C(OC(C)(C)C)N1CCC(COc2ccc(C3=CCC(C(=O)NCC(F)F)CC3)c(F)c2)CC1. The van der Waals surface area contributed by atoms with Crippen molar-refractivity contribution in [3.8, 4) is 5.75 Å². The average molecular weight is 495 g/mol. The molecule has 1 aromatic rings. The van der Waals surface area contributed by atoms with Gasteiger partial charge in [-0.3, -0.25) is 4.79 Å². The van der Waals surface area contributed by atoms with Crippen LogP contribution in [0, 0.1) is 17.7 Å². The third-order valence-corrected chi connectivity index (χ3v) is 6.38. The molecule has 1 atom stereocenters. The summed E-state index contributed by atoms with van der Waals surface area (Å²) in [5.74, 6) is 0.486. The number of hydrogen-bond acceptors (Lipinski definition) is 4. The van der Waals surface area contributed by atoms with Gasteiger partial charge in [0.2, 0.25) is 5.91 Å². The van der Waals surface area contributed by atoms with Crippen LogP contribution in [0.3, 0.4) is 0 Å². The molecule has 35 heavy (non-hydrogen) atoms. The lowest BCUT2D eigenvalue weighted by molar-refractivity contribution is -0.125. The van der Waals surface area contributed by atoms with Gasteiger partial charge in [-0.1, -0.05) is 6.08 Å². The largest absolute Gasteiger partial charge is 0.493 e. The topological polar surface area (TPSA) is 50.8 Å². The summed E-state index contributed by atoms with van der Waals surface area (Å²) >= 11 is 0. The normalized spacial score (nSPS) is 19.3. The highest BCUT2D eigenvalue weighted by atomic mass is 19.3. The van der Waals surface area contributed by atoms with Crippen molar-refractivity contribution in [3.05, 3.63) is 48.1 Å². The second kappa shape index (κ2) is 11.9. The van der Waals surface area contributed by atoms with E-state index < -0.39 is 13.0 Å². The first-order chi connectivity index (χ1) is 16.5. The molecule has 8 heteroatoms. The van der Waals surface area contributed by atoms with E-state index in [2.05, 4.69) is 16.8 Å². The average Bonchev–Trinajstić information content (AvgIpc) is 2.80. The third-order valence-electron chi connectivity index (χ3n) is 6.38. The van der Waals surface area contributed by atoms with Crippen molar-refractivity contribution in [3.63, 3.8) is 0 Å². The van der Waals surface area contributed by atoms with Crippen molar-refractivity contribution in [2.45, 2.75) is 64.9 Å². The zero-order chi connectivity index (χ0) is 25.6. The van der Waals surface area contributed by atoms with E-state index in [9.17, 15) is 18.0 Å². The number of nitrogens with zero attached hydrogens (tertiary/aromatic N) is 1. The maximum absolute atomic E-state index is 14.8. The molecule has 0 saturated carbocycles. The summed E-state index contributed by atoms with van der Waals surface area (Å²) in [6.07, 6.45) is 2.60. The van der Waals surface area contributed by atoms with E-state index in [1.54, 1.807) is 12.1 Å². The molecule has 0 aromatic heterocycles. The fraction of sp³-hybridized carbons (Fsp3) is 0.593. The van der Waals surface area contributed by atoms with Gasteiger partial charge >= 0.3 is 0 Å². The first-order valence-corrected chi connectivity index (χ1v) is 12.3. The lowest BCUT2D eigenvalue weighted by Gasteiger charge is -2.36. The Morgan fingerprint density at radius 2 is 1.94 bits per heavy atom. The molecule has 1 aliphatic carbocycles. The van der Waals surface area contributed by atoms with Crippen LogP contribution in [-0.2, 0) is 9.53 Å². The molecule has 1 fully saturated rings. The maximum Gasteiger partial charge on any atom is 0.255 e. The highest BCUT2D eigenvalue weighted by Gasteiger charge is 2.25. The molecule has 1 amide bonds. The number of ether oxygens (including phenoxy) is 2. The predicted molar refractivity (Wildman–Crippen MR) is 131 cm³/mol. The smallest absolute Gasteiger partial charge is 0.255 e. The van der Waals surface area contributed by atoms with E-state index in [0.29, 0.717) is 49.0 Å². The Balaban J connectivity index is 1.46. The number of nitrogens with one attached hydrogen (secondary N) is 1. The van der Waals surface area contributed by atoms with Crippen LogP contribution in [0.5, 0.6) is 5.75 Å². The second-order valence-corrected chi connectivity index (χ2v) is 10.3. The predicted octanol–water partition coefficient (Wildman–Crippen LogP) is 5.77. The summed E-state index contributed by atoms with van der Waals surface area (Å²) in [5, 5.41) is 2.26. The first kappa shape index (κ1) is 27.0. The van der Waals surface area contributed by atoms with Crippen molar-refractivity contribution in [2.24, 2.45) is 11.8 Å². The van der Waals surface area contributed by atoms with E-state index in [0.717, 1.165) is 31.5 Å². The van der Waals surface area contributed by atoms with Crippen LogP contribution in [0.1, 0.15) is 58.4 Å².